The van der Waals surface area contributed by atoms with E-state index < -0.39 is 0 Å². The molecule has 1 atom stereocenters. The molecular formula is C19H40N3+3. The topological polar surface area (TPSA) is 37.7 Å². The van der Waals surface area contributed by atoms with Gasteiger partial charge in [0.25, 0.3) is 0 Å². The van der Waals surface area contributed by atoms with Crippen molar-refractivity contribution in [3.63, 3.8) is 0 Å². The lowest BCUT2D eigenvalue weighted by Gasteiger charge is -2.22. The minimum absolute atomic E-state index is 0.762. The highest BCUT2D eigenvalue weighted by Gasteiger charge is 2.15. The van der Waals surface area contributed by atoms with Crippen molar-refractivity contribution >= 4 is 0 Å². The zero-order chi connectivity index (χ0) is 16.2. The first-order valence-corrected chi connectivity index (χ1v) is 9.35. The molecule has 1 heterocycles. The van der Waals surface area contributed by atoms with Crippen LogP contribution < -0.4 is 15.5 Å². The Morgan fingerprint density at radius 2 is 1.86 bits per heavy atom. The smallest absolute Gasteiger partial charge is 0.127 e. The molecule has 0 spiro atoms. The first kappa shape index (κ1) is 19.4. The second kappa shape index (κ2) is 11.9. The molecular weight excluding hydrogens is 270 g/mol. The molecule has 128 valence electrons. The number of rotatable bonds is 10. The fraction of sp³-hybridized carbons (Fsp3) is 0.789. The maximum absolute atomic E-state index is 2.55. The SMILES string of the molecule is CC(C)=CCC/C(C)=C/CC[C@@H](C)[NH2+]CC[NH+]1CC[NH2+]CC1. The highest BCUT2D eigenvalue weighted by atomic mass is 15.2. The first-order valence-electron chi connectivity index (χ1n) is 9.35. The molecule has 0 aliphatic carbocycles. The molecule has 0 aromatic carbocycles. The van der Waals surface area contributed by atoms with Gasteiger partial charge in [0.2, 0.25) is 0 Å². The van der Waals surface area contributed by atoms with Crippen molar-refractivity contribution < 1.29 is 15.5 Å². The van der Waals surface area contributed by atoms with E-state index in [0.29, 0.717) is 0 Å². The second-order valence-corrected chi connectivity index (χ2v) is 7.32. The second-order valence-electron chi connectivity index (χ2n) is 7.32. The molecule has 0 radical (unpaired) electrons. The van der Waals surface area contributed by atoms with Crippen molar-refractivity contribution in [3.8, 4) is 0 Å². The van der Waals surface area contributed by atoms with Gasteiger partial charge in [-0.15, -0.1) is 0 Å². The lowest BCUT2D eigenvalue weighted by atomic mass is 10.1. The van der Waals surface area contributed by atoms with Crippen molar-refractivity contribution in [2.75, 3.05) is 39.3 Å². The third kappa shape index (κ3) is 10.1. The van der Waals surface area contributed by atoms with E-state index in [1.165, 1.54) is 70.5 Å². The molecule has 1 saturated heterocycles. The highest BCUT2D eigenvalue weighted by molar-refractivity contribution is 5.02. The molecule has 1 rings (SSSR count). The van der Waals surface area contributed by atoms with Crippen LogP contribution in [-0.2, 0) is 0 Å². The Bertz CT molecular complexity index is 337. The van der Waals surface area contributed by atoms with E-state index >= 15 is 0 Å². The van der Waals surface area contributed by atoms with Crippen molar-refractivity contribution in [2.45, 2.75) is 59.4 Å². The highest BCUT2D eigenvalue weighted by Crippen LogP contribution is 2.08. The minimum Gasteiger partial charge on any atom is -0.339 e. The Labute approximate surface area is 138 Å². The van der Waals surface area contributed by atoms with Crippen LogP contribution in [0.15, 0.2) is 23.3 Å². The van der Waals surface area contributed by atoms with Gasteiger partial charge >= 0.3 is 0 Å². The number of allylic oxidation sites excluding steroid dienone is 4. The number of hydrogen-bond acceptors (Lipinski definition) is 0. The van der Waals surface area contributed by atoms with E-state index in [0.717, 1.165) is 6.04 Å². The molecule has 0 bridgehead atoms. The van der Waals surface area contributed by atoms with Gasteiger partial charge < -0.3 is 15.5 Å². The minimum atomic E-state index is 0.762. The van der Waals surface area contributed by atoms with Gasteiger partial charge in [-0.05, 0) is 47.0 Å². The fourth-order valence-corrected chi connectivity index (χ4v) is 3.10. The molecule has 1 fully saturated rings. The molecule has 3 heteroatoms. The summed E-state index contributed by atoms with van der Waals surface area (Å²) < 4.78 is 0. The summed E-state index contributed by atoms with van der Waals surface area (Å²) in [6.45, 7) is 17.0. The van der Waals surface area contributed by atoms with E-state index in [1.54, 1.807) is 10.5 Å². The maximum atomic E-state index is 2.55. The first-order chi connectivity index (χ1) is 10.6. The van der Waals surface area contributed by atoms with Crippen LogP contribution in [-0.4, -0.2) is 45.3 Å². The van der Waals surface area contributed by atoms with Crippen molar-refractivity contribution in [1.82, 2.24) is 0 Å². The van der Waals surface area contributed by atoms with Crippen molar-refractivity contribution in [2.24, 2.45) is 0 Å². The van der Waals surface area contributed by atoms with E-state index in [4.69, 9.17) is 0 Å². The van der Waals surface area contributed by atoms with Gasteiger partial charge in [0.05, 0.1) is 6.04 Å². The van der Waals surface area contributed by atoms with Crippen LogP contribution in [0.2, 0.25) is 0 Å². The zero-order valence-corrected chi connectivity index (χ0v) is 15.5. The van der Waals surface area contributed by atoms with Gasteiger partial charge in [-0.1, -0.05) is 23.3 Å². The average Bonchev–Trinajstić information content (AvgIpc) is 2.48. The number of hydrogen-bond donors (Lipinski definition) is 3. The van der Waals surface area contributed by atoms with E-state index in [-0.39, 0.29) is 0 Å². The molecule has 0 saturated carbocycles. The van der Waals surface area contributed by atoms with Crippen LogP contribution in [0.25, 0.3) is 0 Å². The third-order valence-corrected chi connectivity index (χ3v) is 4.68. The monoisotopic (exact) mass is 310 g/mol. The van der Waals surface area contributed by atoms with Crippen LogP contribution in [0.5, 0.6) is 0 Å². The summed E-state index contributed by atoms with van der Waals surface area (Å²) in [5.74, 6) is 0. The maximum Gasteiger partial charge on any atom is 0.127 e. The van der Waals surface area contributed by atoms with Gasteiger partial charge in [0, 0.05) is 6.42 Å². The zero-order valence-electron chi connectivity index (χ0n) is 15.5. The van der Waals surface area contributed by atoms with Crippen molar-refractivity contribution in [1.29, 1.82) is 0 Å². The molecule has 1 aliphatic rings. The predicted octanol–water partition coefficient (Wildman–Crippen LogP) is -0.127. The molecule has 0 aromatic heterocycles. The largest absolute Gasteiger partial charge is 0.339 e. The lowest BCUT2D eigenvalue weighted by molar-refractivity contribution is -0.955. The average molecular weight is 311 g/mol. The lowest BCUT2D eigenvalue weighted by Crippen LogP contribution is -3.22. The molecule has 0 unspecified atom stereocenters. The van der Waals surface area contributed by atoms with E-state index in [1.807, 2.05) is 0 Å². The summed E-state index contributed by atoms with van der Waals surface area (Å²) >= 11 is 0. The summed E-state index contributed by atoms with van der Waals surface area (Å²) in [4.78, 5) is 1.81. The molecule has 0 aromatic rings. The predicted molar refractivity (Wildman–Crippen MR) is 95.1 cm³/mol. The van der Waals surface area contributed by atoms with Crippen molar-refractivity contribution in [3.05, 3.63) is 23.3 Å². The number of quaternary nitrogens is 3. The number of piperazine rings is 1. The van der Waals surface area contributed by atoms with Gasteiger partial charge in [-0.3, -0.25) is 0 Å². The van der Waals surface area contributed by atoms with E-state index in [9.17, 15) is 0 Å². The van der Waals surface area contributed by atoms with Gasteiger partial charge in [0.15, 0.2) is 0 Å². The Kier molecular flexibility index (Phi) is 10.5. The van der Waals surface area contributed by atoms with E-state index in [2.05, 4.69) is 50.5 Å². The van der Waals surface area contributed by atoms with Gasteiger partial charge in [-0.2, -0.15) is 0 Å². The van der Waals surface area contributed by atoms with Crippen LogP contribution in [0.3, 0.4) is 0 Å². The summed E-state index contributed by atoms with van der Waals surface area (Å²) in [6, 6.07) is 0.762. The summed E-state index contributed by atoms with van der Waals surface area (Å²) in [5.41, 5.74) is 2.99. The molecule has 22 heavy (non-hydrogen) atoms. The standard InChI is InChI=1S/C19H37N3/c1-17(2)7-5-8-18(3)9-6-10-19(4)21-13-16-22-14-11-20-12-15-22/h7,9,19-21H,5-6,8,10-16H2,1-4H3/p+3/b18-9+/t19-/m1/s1. The van der Waals surface area contributed by atoms with Crippen LogP contribution in [0, 0.1) is 0 Å². The Balaban J connectivity index is 2.04. The quantitative estimate of drug-likeness (QED) is 0.471. The molecule has 5 N–H and O–H groups in total. The van der Waals surface area contributed by atoms with Gasteiger partial charge in [0.1, 0.15) is 39.3 Å². The molecule has 1 aliphatic heterocycles. The third-order valence-electron chi connectivity index (χ3n) is 4.68. The number of nitrogens with two attached hydrogens (primary N) is 2. The Morgan fingerprint density at radius 1 is 1.14 bits per heavy atom. The number of nitrogens with one attached hydrogen (secondary N) is 1. The Hall–Kier alpha value is -0.640. The summed E-state index contributed by atoms with van der Waals surface area (Å²) in [7, 11) is 0. The summed E-state index contributed by atoms with van der Waals surface area (Å²) in [5, 5.41) is 5.00. The fourth-order valence-electron chi connectivity index (χ4n) is 3.10. The van der Waals surface area contributed by atoms with Crippen LogP contribution in [0.1, 0.15) is 53.4 Å². The Morgan fingerprint density at radius 3 is 2.55 bits per heavy atom. The summed E-state index contributed by atoms with van der Waals surface area (Å²) in [6.07, 6.45) is 9.76. The normalized spacial score (nSPS) is 18.3. The van der Waals surface area contributed by atoms with Crippen LogP contribution >= 0.6 is 0 Å². The molecule has 0 amide bonds. The molecule has 3 nitrogen and oxygen atoms in total. The van der Waals surface area contributed by atoms with Crippen LogP contribution in [0.4, 0.5) is 0 Å². The van der Waals surface area contributed by atoms with Gasteiger partial charge in [-0.25, -0.2) is 0 Å².